The summed E-state index contributed by atoms with van der Waals surface area (Å²) in [7, 11) is 2.05. The van der Waals surface area contributed by atoms with Crippen LogP contribution < -0.4 is 4.57 Å². The van der Waals surface area contributed by atoms with Crippen molar-refractivity contribution in [2.24, 2.45) is 12.5 Å². The zero-order chi connectivity index (χ0) is 27.3. The lowest BCUT2D eigenvalue weighted by Crippen LogP contribution is -2.45. The van der Waals surface area contributed by atoms with E-state index in [1.807, 2.05) is 31.4 Å². The number of aromatic nitrogens is 1. The van der Waals surface area contributed by atoms with Gasteiger partial charge in [-0.3, -0.25) is 0 Å². The first-order valence-electron chi connectivity index (χ1n) is 14.3. The first kappa shape index (κ1) is 24.6. The van der Waals surface area contributed by atoms with Crippen molar-refractivity contribution < 1.29 is 13.4 Å². The Bertz CT molecular complexity index is 1800. The highest BCUT2D eigenvalue weighted by Crippen LogP contribution is 2.68. The minimum Gasteiger partial charge on any atom is -0.454 e. The number of pyridine rings is 1. The molecule has 1 spiro atoms. The van der Waals surface area contributed by atoms with Crippen LogP contribution in [0.5, 0.6) is 0 Å². The summed E-state index contributed by atoms with van der Waals surface area (Å²) < 4.78 is 24.6. The zero-order valence-electron chi connectivity index (χ0n) is 23.9. The van der Waals surface area contributed by atoms with E-state index in [1.54, 1.807) is 6.07 Å². The molecule has 3 aromatic carbocycles. The molecule has 0 aliphatic heterocycles. The summed E-state index contributed by atoms with van der Waals surface area (Å²) in [6.45, 7) is 11.8. The van der Waals surface area contributed by atoms with Gasteiger partial charge in [0, 0.05) is 22.9 Å². The summed E-state index contributed by atoms with van der Waals surface area (Å²) >= 11 is 0. The third-order valence-electron chi connectivity index (χ3n) is 10.8. The van der Waals surface area contributed by atoms with Crippen LogP contribution in [-0.4, -0.2) is 0 Å². The molecule has 5 aromatic rings. The fourth-order valence-electron chi connectivity index (χ4n) is 8.64. The third kappa shape index (κ3) is 3.05. The summed E-state index contributed by atoms with van der Waals surface area (Å²) in [5.41, 5.74) is 9.29. The molecule has 39 heavy (non-hydrogen) atoms. The maximum atomic E-state index is 15.8. The third-order valence-corrected chi connectivity index (χ3v) is 10.8. The summed E-state index contributed by atoms with van der Waals surface area (Å²) in [5, 5.41) is 1.97. The lowest BCUT2D eigenvalue weighted by atomic mass is 9.56. The molecule has 2 heterocycles. The van der Waals surface area contributed by atoms with Crippen molar-refractivity contribution in [1.29, 1.82) is 0 Å². The van der Waals surface area contributed by atoms with Crippen LogP contribution in [0.25, 0.3) is 44.3 Å². The lowest BCUT2D eigenvalue weighted by Gasteiger charge is -2.47. The van der Waals surface area contributed by atoms with Crippen molar-refractivity contribution in [1.82, 2.24) is 0 Å². The van der Waals surface area contributed by atoms with Gasteiger partial charge in [-0.25, -0.2) is 8.96 Å². The monoisotopic (exact) mass is 518 g/mol. The topological polar surface area (TPSA) is 17.0 Å². The second-order valence-corrected chi connectivity index (χ2v) is 13.0. The molecule has 0 unspecified atom stereocenters. The van der Waals surface area contributed by atoms with Crippen molar-refractivity contribution in [3.05, 3.63) is 89.4 Å². The van der Waals surface area contributed by atoms with E-state index in [0.29, 0.717) is 11.1 Å². The summed E-state index contributed by atoms with van der Waals surface area (Å²) in [4.78, 5) is 0. The van der Waals surface area contributed by atoms with Crippen molar-refractivity contribution in [2.45, 2.75) is 71.1 Å². The molecule has 0 amide bonds. The summed E-state index contributed by atoms with van der Waals surface area (Å²) in [6.07, 6.45) is 7.14. The normalized spacial score (nSPS) is 18.8. The fourth-order valence-corrected chi connectivity index (χ4v) is 8.64. The molecule has 0 radical (unpaired) electrons. The van der Waals surface area contributed by atoms with Crippen molar-refractivity contribution >= 4 is 21.9 Å². The number of benzene rings is 3. The molecule has 198 valence electrons. The van der Waals surface area contributed by atoms with E-state index in [2.05, 4.69) is 75.6 Å². The molecule has 7 rings (SSSR count). The van der Waals surface area contributed by atoms with E-state index in [1.165, 1.54) is 36.8 Å². The van der Waals surface area contributed by atoms with Crippen LogP contribution in [-0.2, 0) is 17.9 Å². The highest BCUT2D eigenvalue weighted by atomic mass is 19.1. The van der Waals surface area contributed by atoms with Crippen molar-refractivity contribution in [2.75, 3.05) is 0 Å². The molecule has 2 nitrogen and oxygen atoms in total. The molecule has 2 aromatic heterocycles. The van der Waals surface area contributed by atoms with Crippen LogP contribution in [0, 0.1) is 18.2 Å². The van der Waals surface area contributed by atoms with E-state index in [-0.39, 0.29) is 22.1 Å². The second kappa shape index (κ2) is 8.03. The highest BCUT2D eigenvalue weighted by molar-refractivity contribution is 6.13. The number of hydrogen-bond donors (Lipinski definition) is 0. The standard InChI is InChI=1S/C36H37FNO/c1-22-12-14-24-25-15-17-28(37)31(33(25)39-32(24)30(22)29-11-7-10-20-38(29)6)23-13-16-26-27(21-23)35(4,5)36(34(26,2)3)18-8-9-19-36/h7,10-17,20-21H,8-9,18-19H2,1-6H3/q+1. The Morgan fingerprint density at radius 1 is 0.769 bits per heavy atom. The Kier molecular flexibility index (Phi) is 5.06. The summed E-state index contributed by atoms with van der Waals surface area (Å²) in [6, 6.07) is 20.6. The smallest absolute Gasteiger partial charge is 0.216 e. The van der Waals surface area contributed by atoms with Crippen LogP contribution in [0.1, 0.15) is 70.1 Å². The number of halogens is 1. The molecular formula is C36H37FNO+. The van der Waals surface area contributed by atoms with E-state index in [0.717, 1.165) is 38.7 Å². The quantitative estimate of drug-likeness (QED) is 0.213. The Balaban J connectivity index is 1.49. The minimum absolute atomic E-state index is 0.0168. The van der Waals surface area contributed by atoms with E-state index >= 15 is 4.39 Å². The van der Waals surface area contributed by atoms with Crippen molar-refractivity contribution in [3.8, 4) is 22.4 Å². The second-order valence-electron chi connectivity index (χ2n) is 13.0. The van der Waals surface area contributed by atoms with Gasteiger partial charge in [0.2, 0.25) is 5.69 Å². The predicted octanol–water partition coefficient (Wildman–Crippen LogP) is 9.32. The average molecular weight is 519 g/mol. The van der Waals surface area contributed by atoms with Gasteiger partial charge in [-0.05, 0) is 76.5 Å². The molecule has 0 bridgehead atoms. The van der Waals surface area contributed by atoms with Crippen molar-refractivity contribution in [3.63, 3.8) is 0 Å². The van der Waals surface area contributed by atoms with Gasteiger partial charge in [-0.2, -0.15) is 0 Å². The first-order valence-corrected chi connectivity index (χ1v) is 14.3. The number of nitrogens with zero attached hydrogens (tertiary/aromatic N) is 1. The largest absolute Gasteiger partial charge is 0.454 e. The molecule has 0 saturated heterocycles. The minimum atomic E-state index is -0.240. The molecule has 3 heteroatoms. The zero-order valence-corrected chi connectivity index (χ0v) is 23.9. The highest BCUT2D eigenvalue weighted by Gasteiger charge is 2.62. The first-order chi connectivity index (χ1) is 18.6. The summed E-state index contributed by atoms with van der Waals surface area (Å²) in [5.74, 6) is -0.240. The Labute approximate surface area is 230 Å². The molecule has 0 atom stereocenters. The Morgan fingerprint density at radius 3 is 2.15 bits per heavy atom. The van der Waals surface area contributed by atoms with Gasteiger partial charge in [-0.15, -0.1) is 0 Å². The molecule has 1 fully saturated rings. The van der Waals surface area contributed by atoms with E-state index < -0.39 is 0 Å². The van der Waals surface area contributed by atoms with Crippen LogP contribution in [0.3, 0.4) is 0 Å². The average Bonchev–Trinajstić information content (AvgIpc) is 3.58. The Morgan fingerprint density at radius 2 is 1.44 bits per heavy atom. The van der Waals surface area contributed by atoms with Gasteiger partial charge in [0.25, 0.3) is 0 Å². The van der Waals surface area contributed by atoms with Gasteiger partial charge < -0.3 is 4.42 Å². The van der Waals surface area contributed by atoms with Crippen LogP contribution in [0.15, 0.2) is 71.3 Å². The molecule has 2 aliphatic carbocycles. The maximum absolute atomic E-state index is 15.8. The fraction of sp³-hybridized carbons (Fsp3) is 0.361. The predicted molar refractivity (Wildman–Crippen MR) is 157 cm³/mol. The van der Waals surface area contributed by atoms with Gasteiger partial charge in [0.15, 0.2) is 6.20 Å². The molecule has 2 aliphatic rings. The van der Waals surface area contributed by atoms with Crippen LogP contribution in [0.4, 0.5) is 4.39 Å². The van der Waals surface area contributed by atoms with Gasteiger partial charge in [0.1, 0.15) is 24.0 Å². The lowest BCUT2D eigenvalue weighted by molar-refractivity contribution is -0.660. The molecular weight excluding hydrogens is 481 g/mol. The van der Waals surface area contributed by atoms with E-state index in [9.17, 15) is 0 Å². The Hall–Kier alpha value is -3.46. The molecule has 0 N–H and O–H groups in total. The SMILES string of the molecule is Cc1ccc2c(oc3c(-c4ccc5c(c4)C(C)(C)C4(CCCC4)C5(C)C)c(F)ccc32)c1-c1cccc[n+]1C. The van der Waals surface area contributed by atoms with Crippen LogP contribution in [0.2, 0.25) is 0 Å². The van der Waals surface area contributed by atoms with Gasteiger partial charge in [0.05, 0.1) is 11.1 Å². The van der Waals surface area contributed by atoms with Gasteiger partial charge >= 0.3 is 0 Å². The number of rotatable bonds is 2. The number of hydrogen-bond acceptors (Lipinski definition) is 1. The number of aryl methyl sites for hydroxylation is 2. The van der Waals surface area contributed by atoms with Gasteiger partial charge in [-0.1, -0.05) is 70.9 Å². The number of furan rings is 1. The number of fused-ring (bicyclic) bond motifs is 4. The van der Waals surface area contributed by atoms with Crippen LogP contribution >= 0.6 is 0 Å². The van der Waals surface area contributed by atoms with E-state index in [4.69, 9.17) is 4.42 Å². The molecule has 1 saturated carbocycles. The maximum Gasteiger partial charge on any atom is 0.216 e.